The van der Waals surface area contributed by atoms with Gasteiger partial charge in [-0.05, 0) is 49.9 Å². The second kappa shape index (κ2) is 17.2. The zero-order valence-corrected chi connectivity index (χ0v) is 31.7. The van der Waals surface area contributed by atoms with E-state index in [1.807, 2.05) is 0 Å². The van der Waals surface area contributed by atoms with E-state index < -0.39 is 64.3 Å². The van der Waals surface area contributed by atoms with Gasteiger partial charge in [-0.3, -0.25) is 24.1 Å². The summed E-state index contributed by atoms with van der Waals surface area (Å²) in [4.78, 5) is 85.4. The lowest BCUT2D eigenvalue weighted by molar-refractivity contribution is -0.691. The molecule has 2 aliphatic heterocycles. The lowest BCUT2D eigenvalue weighted by Gasteiger charge is -2.49. The summed E-state index contributed by atoms with van der Waals surface area (Å²) < 4.78 is 6.95. The van der Waals surface area contributed by atoms with Crippen LogP contribution in [0.25, 0.3) is 0 Å². The van der Waals surface area contributed by atoms with E-state index in [9.17, 15) is 49.2 Å². The number of carbonyl (C=O) groups excluding carboxylic acids is 4. The number of benzene rings is 1. The Hall–Kier alpha value is -6.00. The van der Waals surface area contributed by atoms with Crippen LogP contribution in [0.15, 0.2) is 47.4 Å². The Morgan fingerprint density at radius 2 is 1.89 bits per heavy atom. The molecular formula is C34H40N9O11S2+. The number of fused-ring (bicyclic) bond motifs is 1. The molecule has 22 heteroatoms. The van der Waals surface area contributed by atoms with Crippen molar-refractivity contribution in [1.29, 1.82) is 0 Å². The van der Waals surface area contributed by atoms with Gasteiger partial charge in [-0.15, -0.1) is 23.1 Å². The van der Waals surface area contributed by atoms with Crippen LogP contribution in [0, 0.1) is 0 Å². The fourth-order valence-electron chi connectivity index (χ4n) is 5.75. The summed E-state index contributed by atoms with van der Waals surface area (Å²) in [6.07, 6.45) is 3.11. The molecule has 2 aromatic heterocycles. The van der Waals surface area contributed by atoms with E-state index >= 15 is 0 Å². The number of nitrogen functional groups attached to an aromatic ring is 2. The largest absolute Gasteiger partial charge is 0.504 e. The fourth-order valence-corrected chi connectivity index (χ4v) is 7.70. The van der Waals surface area contributed by atoms with Gasteiger partial charge in [0.25, 0.3) is 24.0 Å². The van der Waals surface area contributed by atoms with Crippen LogP contribution in [0.1, 0.15) is 55.1 Å². The number of β-lactam (4-membered cyclic amide) rings is 1. The summed E-state index contributed by atoms with van der Waals surface area (Å²) >= 11 is 2.39. The van der Waals surface area contributed by atoms with Crippen molar-refractivity contribution in [2.75, 3.05) is 35.7 Å². The first-order valence-electron chi connectivity index (χ1n) is 17.0. The van der Waals surface area contributed by atoms with Gasteiger partial charge in [-0.25, -0.2) is 19.1 Å². The molecule has 20 nitrogen and oxygen atoms in total. The van der Waals surface area contributed by atoms with Crippen molar-refractivity contribution in [3.8, 4) is 11.5 Å². The molecule has 0 saturated carbocycles. The third-order valence-corrected chi connectivity index (χ3v) is 10.8. The minimum Gasteiger partial charge on any atom is -0.504 e. The summed E-state index contributed by atoms with van der Waals surface area (Å²) in [6, 6.07) is 2.51. The summed E-state index contributed by atoms with van der Waals surface area (Å²) in [5.41, 5.74) is 11.0. The second-order valence-corrected chi connectivity index (χ2v) is 15.2. The highest BCUT2D eigenvalue weighted by Gasteiger charge is 2.54. The van der Waals surface area contributed by atoms with E-state index in [0.29, 0.717) is 17.7 Å². The number of nitrogens with two attached hydrogens (primary N) is 2. The Bertz CT molecular complexity index is 2090. The molecule has 2 aliphatic rings. The van der Waals surface area contributed by atoms with Crippen molar-refractivity contribution < 1.29 is 58.5 Å². The Kier molecular flexibility index (Phi) is 12.7. The average Bonchev–Trinajstić information content (AvgIpc) is 3.57. The number of rotatable bonds is 17. The maximum atomic E-state index is 13.6. The van der Waals surface area contributed by atoms with Crippen molar-refractivity contribution in [1.82, 2.24) is 25.5 Å². The van der Waals surface area contributed by atoms with Crippen LogP contribution in [0.2, 0.25) is 0 Å². The van der Waals surface area contributed by atoms with E-state index in [-0.39, 0.29) is 71.9 Å². The van der Waals surface area contributed by atoms with Crippen molar-refractivity contribution >= 4 is 75.3 Å². The second-order valence-electron chi connectivity index (χ2n) is 13.2. The van der Waals surface area contributed by atoms with Crippen molar-refractivity contribution in [3.63, 3.8) is 0 Å². The van der Waals surface area contributed by atoms with Gasteiger partial charge in [0.05, 0.1) is 11.6 Å². The minimum absolute atomic E-state index is 0.0319. The third kappa shape index (κ3) is 9.44. The van der Waals surface area contributed by atoms with Gasteiger partial charge in [0.2, 0.25) is 11.8 Å². The van der Waals surface area contributed by atoms with E-state index in [4.69, 9.17) is 16.2 Å². The zero-order chi connectivity index (χ0) is 40.9. The molecule has 56 heavy (non-hydrogen) atoms. The normalized spacial score (nSPS) is 17.0. The van der Waals surface area contributed by atoms with Crippen molar-refractivity contribution in [3.05, 3.63) is 58.6 Å². The fraction of sp³-hybridized carbons (Fsp3) is 0.382. The number of aliphatic carboxylic acids is 2. The van der Waals surface area contributed by atoms with Crippen LogP contribution in [-0.2, 0) is 35.3 Å². The molecule has 0 aliphatic carbocycles. The molecule has 1 fully saturated rings. The Labute approximate surface area is 326 Å². The highest BCUT2D eigenvalue weighted by molar-refractivity contribution is 8.00. The summed E-state index contributed by atoms with van der Waals surface area (Å²) in [5.74, 6) is -6.32. The maximum Gasteiger partial charge on any atom is 0.352 e. The number of aromatic hydroxyl groups is 2. The summed E-state index contributed by atoms with van der Waals surface area (Å²) in [7, 11) is 0. The van der Waals surface area contributed by atoms with Gasteiger partial charge >= 0.3 is 11.9 Å². The molecule has 1 saturated heterocycles. The molecule has 11 N–H and O–H groups in total. The Morgan fingerprint density at radius 1 is 1.14 bits per heavy atom. The molecule has 4 heterocycles. The predicted octanol–water partition coefficient (Wildman–Crippen LogP) is 0.342. The molecule has 5 rings (SSSR count). The van der Waals surface area contributed by atoms with Crippen LogP contribution >= 0.6 is 23.1 Å². The molecule has 4 amide bonds. The van der Waals surface area contributed by atoms with Crippen molar-refractivity contribution in [2.24, 2.45) is 0 Å². The van der Waals surface area contributed by atoms with Crippen LogP contribution in [0.5, 0.6) is 11.5 Å². The summed E-state index contributed by atoms with van der Waals surface area (Å²) in [6.45, 7) is 2.75. The van der Waals surface area contributed by atoms with Crippen LogP contribution in [0.3, 0.4) is 0 Å². The predicted molar refractivity (Wildman–Crippen MR) is 200 cm³/mol. The number of anilines is 3. The van der Waals surface area contributed by atoms with Gasteiger partial charge < -0.3 is 52.6 Å². The Balaban J connectivity index is 1.20. The number of hydrogen-bond acceptors (Lipinski definition) is 15. The lowest BCUT2D eigenvalue weighted by atomic mass is 9.97. The zero-order valence-electron chi connectivity index (χ0n) is 30.1. The molecule has 2 unspecified atom stereocenters. The van der Waals surface area contributed by atoms with E-state index in [1.165, 1.54) is 48.8 Å². The minimum atomic E-state index is -1.43. The molecule has 0 spiro atoms. The van der Waals surface area contributed by atoms with Gasteiger partial charge in [-0.2, -0.15) is 0 Å². The number of hydrogen-bond donors (Lipinski definition) is 9. The SMILES string of the molecule is CC(C)(OCCCC(C(=O)N[C@@H]1C(=O)N2C(C(=O)O)=C(C[n+]3cnc(N)c(NC(=O)CCNC(=O)c4ccc(O)c(O)c4)c3)CSC12)c1csc(N)n1)C(=O)O. The molecule has 1 aromatic carbocycles. The third-order valence-electron chi connectivity index (χ3n) is 8.81. The van der Waals surface area contributed by atoms with E-state index in [2.05, 4.69) is 25.9 Å². The quantitative estimate of drug-likeness (QED) is 0.0384. The molecule has 0 bridgehead atoms. The molecular weight excluding hydrogens is 775 g/mol. The number of nitrogens with one attached hydrogen (secondary N) is 3. The molecule has 3 aromatic rings. The smallest absolute Gasteiger partial charge is 0.352 e. The molecule has 0 radical (unpaired) electrons. The van der Waals surface area contributed by atoms with Gasteiger partial charge in [0.1, 0.15) is 29.9 Å². The number of amides is 4. The van der Waals surface area contributed by atoms with Gasteiger partial charge in [0, 0.05) is 41.8 Å². The number of phenolic OH excluding ortho intramolecular Hbond substituents is 2. The van der Waals surface area contributed by atoms with Crippen LogP contribution < -0.4 is 32.0 Å². The Morgan fingerprint density at radius 3 is 2.55 bits per heavy atom. The number of carboxylic acids is 2. The topological polar surface area (TPSA) is 314 Å². The number of phenols is 2. The number of thioether (sulfide) groups is 1. The number of thiazole rings is 1. The van der Waals surface area contributed by atoms with Crippen LogP contribution in [0.4, 0.5) is 16.6 Å². The van der Waals surface area contributed by atoms with Gasteiger partial charge in [-0.1, -0.05) is 0 Å². The standard InChI is InChI=1S/C34H39N9O11S2/c1-34(2,32(52)53)54-9-3-4-18(20-14-56-33(36)40-20)28(48)41-24-29(49)43-25(31(50)51)17(13-55-30(24)43)11-42-12-19(26(35)38-15-42)39-23(46)7-8-37-27(47)16-5-6-21(44)22(45)10-16/h5-6,10,12,14-15,18,24,30,35H,3-4,7-9,11,13H2,1-2H3,(H9,36,37,39,40,41,44,45,46,47,48,50,51,52,53)/p+1/t18?,24-,30?/m1/s1. The van der Waals surface area contributed by atoms with Crippen molar-refractivity contribution in [2.45, 2.75) is 62.6 Å². The molecule has 3 atom stereocenters. The number of aromatic nitrogens is 3. The average molecular weight is 815 g/mol. The van der Waals surface area contributed by atoms with Crippen LogP contribution in [-0.4, -0.2) is 107 Å². The van der Waals surface area contributed by atoms with E-state index in [1.54, 1.807) is 5.38 Å². The molecule has 298 valence electrons. The monoisotopic (exact) mass is 814 g/mol. The lowest BCUT2D eigenvalue weighted by Crippen LogP contribution is -2.71. The highest BCUT2D eigenvalue weighted by atomic mass is 32.2. The summed E-state index contributed by atoms with van der Waals surface area (Å²) in [5, 5.41) is 47.6. The number of carbonyl (C=O) groups is 6. The number of ether oxygens (including phenoxy) is 1. The highest BCUT2D eigenvalue weighted by Crippen LogP contribution is 2.41. The van der Waals surface area contributed by atoms with E-state index in [0.717, 1.165) is 28.4 Å². The first-order valence-corrected chi connectivity index (χ1v) is 18.9. The maximum absolute atomic E-state index is 13.6. The van der Waals surface area contributed by atoms with Gasteiger partial charge in [0.15, 0.2) is 27.9 Å². The number of carboxylic acid groups (broad SMARTS) is 2. The first-order chi connectivity index (χ1) is 26.5. The number of nitrogens with zero attached hydrogens (tertiary/aromatic N) is 4. The first kappa shape index (κ1) is 41.2.